The summed E-state index contributed by atoms with van der Waals surface area (Å²) in [5.74, 6) is 1.80. The van der Waals surface area contributed by atoms with Gasteiger partial charge >= 0.3 is 0 Å². The van der Waals surface area contributed by atoms with E-state index in [0.29, 0.717) is 0 Å². The van der Waals surface area contributed by atoms with Crippen molar-refractivity contribution >= 4 is 31.9 Å². The molecule has 0 saturated heterocycles. The van der Waals surface area contributed by atoms with Crippen molar-refractivity contribution in [1.29, 1.82) is 0 Å². The van der Waals surface area contributed by atoms with Gasteiger partial charge in [-0.05, 0) is 43.7 Å². The number of aryl methyl sites for hydroxylation is 2. The van der Waals surface area contributed by atoms with E-state index in [4.69, 9.17) is 4.74 Å². The van der Waals surface area contributed by atoms with Crippen molar-refractivity contribution in [2.24, 2.45) is 0 Å². The molecule has 0 saturated carbocycles. The lowest BCUT2D eigenvalue weighted by Gasteiger charge is -2.12. The lowest BCUT2D eigenvalue weighted by atomic mass is 10.1. The van der Waals surface area contributed by atoms with E-state index in [1.54, 1.807) is 0 Å². The molecule has 0 unspecified atom stereocenters. The van der Waals surface area contributed by atoms with Crippen LogP contribution in [0.4, 0.5) is 0 Å². The monoisotopic (exact) mass is 368 g/mol. The quantitative estimate of drug-likeness (QED) is 0.625. The Morgan fingerprint density at radius 3 is 2.39 bits per heavy atom. The summed E-state index contributed by atoms with van der Waals surface area (Å²) < 4.78 is 7.05. The zero-order valence-electron chi connectivity index (χ0n) is 10.3. The molecule has 0 heterocycles. The molecule has 0 spiro atoms. The maximum Gasteiger partial charge on any atom is 0.131 e. The Bertz CT molecular complexity index is 564. The molecule has 3 heteroatoms. The first kappa shape index (κ1) is 13.6. The minimum absolute atomic E-state index is 0.771. The van der Waals surface area contributed by atoms with Crippen LogP contribution in [0, 0.1) is 13.8 Å². The van der Waals surface area contributed by atoms with Gasteiger partial charge in [-0.15, -0.1) is 0 Å². The fraction of sp³-hybridized carbons (Fsp3) is 0.200. The number of halogens is 2. The van der Waals surface area contributed by atoms with Crippen LogP contribution in [0.3, 0.4) is 0 Å². The second-order valence-corrected chi connectivity index (χ2v) is 5.73. The molecule has 0 aliphatic carbocycles. The molecular weight excluding hydrogens is 356 g/mol. The second-order valence-electron chi connectivity index (χ2n) is 4.26. The van der Waals surface area contributed by atoms with Crippen molar-refractivity contribution in [3.05, 3.63) is 57.6 Å². The second kappa shape index (κ2) is 5.89. The molecule has 18 heavy (non-hydrogen) atoms. The summed E-state index contributed by atoms with van der Waals surface area (Å²) in [6.45, 7) is 4.15. The SMILES string of the molecule is Cc1ccc(Oc2ccc(Br)cc2CBr)c(C)c1. The van der Waals surface area contributed by atoms with Gasteiger partial charge in [-0.25, -0.2) is 0 Å². The highest BCUT2D eigenvalue weighted by Crippen LogP contribution is 2.31. The fourth-order valence-electron chi connectivity index (χ4n) is 1.78. The zero-order chi connectivity index (χ0) is 13.1. The van der Waals surface area contributed by atoms with Gasteiger partial charge in [0.25, 0.3) is 0 Å². The minimum Gasteiger partial charge on any atom is -0.457 e. The van der Waals surface area contributed by atoms with Crippen LogP contribution < -0.4 is 4.74 Å². The Morgan fingerprint density at radius 2 is 1.72 bits per heavy atom. The van der Waals surface area contributed by atoms with Crippen molar-refractivity contribution in [2.75, 3.05) is 0 Å². The van der Waals surface area contributed by atoms with Gasteiger partial charge in [0.2, 0.25) is 0 Å². The maximum atomic E-state index is 5.99. The number of ether oxygens (including phenoxy) is 1. The largest absolute Gasteiger partial charge is 0.457 e. The molecule has 94 valence electrons. The Hall–Kier alpha value is -0.800. The van der Waals surface area contributed by atoms with Crippen LogP contribution in [0.5, 0.6) is 11.5 Å². The first-order chi connectivity index (χ1) is 8.60. The van der Waals surface area contributed by atoms with E-state index in [2.05, 4.69) is 63.9 Å². The predicted molar refractivity (Wildman–Crippen MR) is 82.8 cm³/mol. The van der Waals surface area contributed by atoms with E-state index >= 15 is 0 Å². The van der Waals surface area contributed by atoms with Crippen molar-refractivity contribution < 1.29 is 4.74 Å². The van der Waals surface area contributed by atoms with Crippen LogP contribution in [0.25, 0.3) is 0 Å². The van der Waals surface area contributed by atoms with Gasteiger partial charge in [0.05, 0.1) is 0 Å². The van der Waals surface area contributed by atoms with Crippen LogP contribution >= 0.6 is 31.9 Å². The van der Waals surface area contributed by atoms with E-state index in [1.165, 1.54) is 5.56 Å². The van der Waals surface area contributed by atoms with Gasteiger partial charge in [0, 0.05) is 15.4 Å². The Balaban J connectivity index is 2.33. The number of hydrogen-bond donors (Lipinski definition) is 0. The average molecular weight is 370 g/mol. The third kappa shape index (κ3) is 3.15. The lowest BCUT2D eigenvalue weighted by molar-refractivity contribution is 0.474. The lowest BCUT2D eigenvalue weighted by Crippen LogP contribution is -1.92. The summed E-state index contributed by atoms with van der Waals surface area (Å²) in [5.41, 5.74) is 3.53. The van der Waals surface area contributed by atoms with Gasteiger partial charge < -0.3 is 4.74 Å². The predicted octanol–water partition coefficient (Wildman–Crippen LogP) is 5.75. The van der Waals surface area contributed by atoms with Crippen LogP contribution in [-0.2, 0) is 5.33 Å². The van der Waals surface area contributed by atoms with Crippen LogP contribution in [-0.4, -0.2) is 0 Å². The average Bonchev–Trinajstić information content (AvgIpc) is 2.34. The first-order valence-electron chi connectivity index (χ1n) is 5.69. The minimum atomic E-state index is 0.771. The van der Waals surface area contributed by atoms with E-state index in [-0.39, 0.29) is 0 Å². The standard InChI is InChI=1S/C15H14Br2O/c1-10-3-5-14(11(2)7-10)18-15-6-4-13(17)8-12(15)9-16/h3-8H,9H2,1-2H3. The molecule has 0 atom stereocenters. The molecule has 2 rings (SSSR count). The Labute approximate surface area is 124 Å². The van der Waals surface area contributed by atoms with Crippen molar-refractivity contribution in [2.45, 2.75) is 19.2 Å². The summed E-state index contributed by atoms with van der Waals surface area (Å²) >= 11 is 6.96. The smallest absolute Gasteiger partial charge is 0.131 e. The van der Waals surface area contributed by atoms with E-state index in [1.807, 2.05) is 18.2 Å². The molecule has 2 aromatic carbocycles. The normalized spacial score (nSPS) is 10.4. The van der Waals surface area contributed by atoms with E-state index < -0.39 is 0 Å². The fourth-order valence-corrected chi connectivity index (χ4v) is 2.63. The van der Waals surface area contributed by atoms with Crippen molar-refractivity contribution in [3.63, 3.8) is 0 Å². The zero-order valence-corrected chi connectivity index (χ0v) is 13.5. The van der Waals surface area contributed by atoms with E-state index in [0.717, 1.165) is 32.4 Å². The highest BCUT2D eigenvalue weighted by molar-refractivity contribution is 9.10. The number of rotatable bonds is 3. The van der Waals surface area contributed by atoms with Gasteiger partial charge in [-0.2, -0.15) is 0 Å². The van der Waals surface area contributed by atoms with E-state index in [9.17, 15) is 0 Å². The van der Waals surface area contributed by atoms with Crippen molar-refractivity contribution in [3.8, 4) is 11.5 Å². The van der Waals surface area contributed by atoms with Gasteiger partial charge in [-0.1, -0.05) is 49.6 Å². The molecule has 0 aliphatic heterocycles. The third-order valence-corrected chi connectivity index (χ3v) is 3.81. The molecule has 0 N–H and O–H groups in total. The van der Waals surface area contributed by atoms with Gasteiger partial charge in [-0.3, -0.25) is 0 Å². The van der Waals surface area contributed by atoms with Crippen LogP contribution in [0.15, 0.2) is 40.9 Å². The molecule has 0 amide bonds. The molecule has 0 aliphatic rings. The molecule has 2 aromatic rings. The van der Waals surface area contributed by atoms with Crippen LogP contribution in [0.2, 0.25) is 0 Å². The molecule has 1 nitrogen and oxygen atoms in total. The Kier molecular flexibility index (Phi) is 4.46. The highest BCUT2D eigenvalue weighted by Gasteiger charge is 2.06. The number of alkyl halides is 1. The molecule has 0 fully saturated rings. The summed E-state index contributed by atoms with van der Waals surface area (Å²) in [6.07, 6.45) is 0. The Morgan fingerprint density at radius 1 is 1.00 bits per heavy atom. The molecular formula is C15H14Br2O. The third-order valence-electron chi connectivity index (χ3n) is 2.72. The number of hydrogen-bond acceptors (Lipinski definition) is 1. The molecule has 0 aromatic heterocycles. The summed E-state index contributed by atoms with van der Waals surface area (Å²) in [5, 5.41) is 0.771. The van der Waals surface area contributed by atoms with Gasteiger partial charge in [0.15, 0.2) is 0 Å². The number of benzene rings is 2. The maximum absolute atomic E-state index is 5.99. The summed E-state index contributed by atoms with van der Waals surface area (Å²) in [7, 11) is 0. The topological polar surface area (TPSA) is 9.23 Å². The van der Waals surface area contributed by atoms with Gasteiger partial charge in [0.1, 0.15) is 11.5 Å². The molecule has 0 bridgehead atoms. The highest BCUT2D eigenvalue weighted by atomic mass is 79.9. The molecule has 0 radical (unpaired) electrons. The first-order valence-corrected chi connectivity index (χ1v) is 7.61. The van der Waals surface area contributed by atoms with Crippen molar-refractivity contribution in [1.82, 2.24) is 0 Å². The summed E-state index contributed by atoms with van der Waals surface area (Å²) in [6, 6.07) is 12.3. The van der Waals surface area contributed by atoms with Crippen LogP contribution in [0.1, 0.15) is 16.7 Å². The summed E-state index contributed by atoms with van der Waals surface area (Å²) in [4.78, 5) is 0.